The molecule has 0 saturated heterocycles. The predicted molar refractivity (Wildman–Crippen MR) is 120 cm³/mol. The Bertz CT molecular complexity index is 874. The number of halogens is 4. The van der Waals surface area contributed by atoms with E-state index in [9.17, 15) is 4.79 Å². The van der Waals surface area contributed by atoms with Gasteiger partial charge in [0.1, 0.15) is 12.4 Å². The van der Waals surface area contributed by atoms with E-state index in [0.29, 0.717) is 16.5 Å². The molecule has 0 fully saturated rings. The highest BCUT2D eigenvalue weighted by atomic mass is 79.9. The molecule has 0 aliphatic carbocycles. The Labute approximate surface area is 191 Å². The number of ketones is 1. The summed E-state index contributed by atoms with van der Waals surface area (Å²) < 4.78 is 16.2. The number of hydrogen-bond acceptors (Lipinski definition) is 4. The number of ether oxygens (including phenoxy) is 3. The summed E-state index contributed by atoms with van der Waals surface area (Å²) in [5.41, 5.74) is 1.11. The van der Waals surface area contributed by atoms with Crippen molar-refractivity contribution >= 4 is 60.8 Å². The smallest absolute Gasteiger partial charge is 0.181 e. The lowest BCUT2D eigenvalue weighted by Crippen LogP contribution is -2.20. The lowest BCUT2D eigenvalue weighted by atomic mass is 10.0. The molecule has 150 valence electrons. The van der Waals surface area contributed by atoms with E-state index in [-0.39, 0.29) is 33.6 Å². The maximum absolute atomic E-state index is 13.2. The van der Waals surface area contributed by atoms with Crippen LogP contribution in [0.5, 0.6) is 17.2 Å². The number of carbonyl (C=O) groups is 1. The summed E-state index contributed by atoms with van der Waals surface area (Å²) >= 11 is 19.4. The Balaban J connectivity index is 2.37. The fourth-order valence-corrected chi connectivity index (χ4v) is 4.13. The lowest BCUT2D eigenvalue weighted by Gasteiger charge is -2.20. The summed E-state index contributed by atoms with van der Waals surface area (Å²) in [6.07, 6.45) is 1.57. The van der Waals surface area contributed by atoms with Crippen LogP contribution in [0.15, 0.2) is 43.0 Å². The molecule has 0 saturated carbocycles. The molecule has 0 aromatic heterocycles. The summed E-state index contributed by atoms with van der Waals surface area (Å²) in [6.45, 7) is 3.82. The van der Waals surface area contributed by atoms with Crippen LogP contribution in [0.25, 0.3) is 0 Å². The monoisotopic (exact) mass is 550 g/mol. The van der Waals surface area contributed by atoms with Crippen LogP contribution in [0.3, 0.4) is 0 Å². The van der Waals surface area contributed by atoms with E-state index in [2.05, 4.69) is 38.4 Å². The second-order valence-electron chi connectivity index (χ2n) is 5.65. The van der Waals surface area contributed by atoms with Crippen LogP contribution in [0, 0.1) is 0 Å². The van der Waals surface area contributed by atoms with Gasteiger partial charge in [0.15, 0.2) is 17.3 Å². The number of benzene rings is 2. The molecule has 8 heteroatoms. The molecule has 4 nitrogen and oxygen atoms in total. The summed E-state index contributed by atoms with van der Waals surface area (Å²) in [4.78, 5) is 12.2. The minimum atomic E-state index is -0.619. The first-order valence-corrected chi connectivity index (χ1v) is 10.7. The van der Waals surface area contributed by atoms with Crippen molar-refractivity contribution in [1.29, 1.82) is 0 Å². The highest BCUT2D eigenvalue weighted by molar-refractivity contribution is 9.12. The average Bonchev–Trinajstić information content (AvgIpc) is 2.70. The number of rotatable bonds is 9. The minimum Gasteiger partial charge on any atom is -0.493 e. The minimum absolute atomic E-state index is 0.210. The van der Waals surface area contributed by atoms with Crippen LogP contribution in [0.2, 0.25) is 10.0 Å². The van der Waals surface area contributed by atoms with Crippen LogP contribution in [0.1, 0.15) is 20.7 Å². The molecule has 0 spiro atoms. The van der Waals surface area contributed by atoms with E-state index in [1.807, 2.05) is 6.07 Å². The molecule has 0 aliphatic heterocycles. The van der Waals surface area contributed by atoms with Gasteiger partial charge < -0.3 is 14.2 Å². The molecule has 28 heavy (non-hydrogen) atoms. The SMILES string of the molecule is C=CCOc1c(Cl)cc(Cl)cc1C(=O)C(Br)C(Br)c1ccc(OC)c(OC)c1. The summed E-state index contributed by atoms with van der Waals surface area (Å²) in [6, 6.07) is 8.50. The Morgan fingerprint density at radius 1 is 1.14 bits per heavy atom. The van der Waals surface area contributed by atoms with Crippen molar-refractivity contribution in [3.63, 3.8) is 0 Å². The number of alkyl halides is 2. The van der Waals surface area contributed by atoms with Gasteiger partial charge in [-0.15, -0.1) is 0 Å². The van der Waals surface area contributed by atoms with Crippen molar-refractivity contribution in [3.05, 3.63) is 64.2 Å². The van der Waals surface area contributed by atoms with Gasteiger partial charge >= 0.3 is 0 Å². The first-order valence-electron chi connectivity index (χ1n) is 8.11. The maximum Gasteiger partial charge on any atom is 0.181 e. The van der Waals surface area contributed by atoms with E-state index < -0.39 is 4.83 Å². The van der Waals surface area contributed by atoms with Crippen molar-refractivity contribution in [2.45, 2.75) is 9.65 Å². The second kappa shape index (κ2) is 10.5. The predicted octanol–water partition coefficient (Wildman–Crippen LogP) is 6.66. The molecule has 0 heterocycles. The number of methoxy groups -OCH3 is 2. The lowest BCUT2D eigenvalue weighted by molar-refractivity contribution is 0.0987. The second-order valence-corrected chi connectivity index (χ2v) is 8.46. The van der Waals surface area contributed by atoms with E-state index in [0.717, 1.165) is 5.56 Å². The first kappa shape index (κ1) is 23.1. The standard InChI is InChI=1S/C20H18Br2Cl2O4/c1-4-7-28-20-13(9-12(23)10-14(20)24)19(25)18(22)17(21)11-5-6-15(26-2)16(8-11)27-3/h4-6,8-10,17-18H,1,7H2,2-3H3. The fourth-order valence-electron chi connectivity index (χ4n) is 2.51. The quantitative estimate of drug-likeness (QED) is 0.198. The number of hydrogen-bond donors (Lipinski definition) is 0. The van der Waals surface area contributed by atoms with Crippen LogP contribution in [-0.4, -0.2) is 31.4 Å². The molecule has 2 aromatic rings. The van der Waals surface area contributed by atoms with E-state index in [4.69, 9.17) is 37.4 Å². The van der Waals surface area contributed by atoms with Crippen molar-refractivity contribution < 1.29 is 19.0 Å². The van der Waals surface area contributed by atoms with Gasteiger partial charge in [-0.3, -0.25) is 4.79 Å². The Morgan fingerprint density at radius 2 is 1.82 bits per heavy atom. The van der Waals surface area contributed by atoms with Gasteiger partial charge in [-0.2, -0.15) is 0 Å². The summed E-state index contributed by atoms with van der Waals surface area (Å²) in [5.74, 6) is 1.20. The molecule has 0 bridgehead atoms. The molecule has 0 radical (unpaired) electrons. The summed E-state index contributed by atoms with van der Waals surface area (Å²) in [7, 11) is 3.12. The van der Waals surface area contributed by atoms with Gasteiger partial charge in [-0.05, 0) is 29.8 Å². The third-order valence-corrected chi connectivity index (χ3v) is 7.06. The summed E-state index contributed by atoms with van der Waals surface area (Å²) in [5, 5.41) is 0.603. The highest BCUT2D eigenvalue weighted by Gasteiger charge is 2.30. The van der Waals surface area contributed by atoms with Crippen molar-refractivity contribution in [2.75, 3.05) is 20.8 Å². The van der Waals surface area contributed by atoms with E-state index in [1.54, 1.807) is 32.4 Å². The first-order chi connectivity index (χ1) is 13.3. The third-order valence-electron chi connectivity index (χ3n) is 3.85. The molecule has 2 unspecified atom stereocenters. The highest BCUT2D eigenvalue weighted by Crippen LogP contribution is 2.40. The molecular weight excluding hydrogens is 535 g/mol. The zero-order valence-electron chi connectivity index (χ0n) is 15.2. The number of Topliss-reactive ketones (excluding diaryl/α,β-unsaturated/α-hetero) is 1. The molecule has 2 aromatic carbocycles. The molecule has 0 aliphatic rings. The van der Waals surface area contributed by atoms with Gasteiger partial charge in [-0.25, -0.2) is 0 Å². The molecule has 2 rings (SSSR count). The van der Waals surface area contributed by atoms with E-state index >= 15 is 0 Å². The molecule has 2 atom stereocenters. The Kier molecular flexibility index (Phi) is 8.68. The topological polar surface area (TPSA) is 44.8 Å². The normalized spacial score (nSPS) is 12.8. The van der Waals surface area contributed by atoms with Gasteiger partial charge in [0, 0.05) is 5.02 Å². The Morgan fingerprint density at radius 3 is 2.43 bits per heavy atom. The van der Waals surface area contributed by atoms with Gasteiger partial charge in [0.05, 0.1) is 34.5 Å². The zero-order valence-corrected chi connectivity index (χ0v) is 19.9. The van der Waals surface area contributed by atoms with E-state index in [1.165, 1.54) is 12.1 Å². The van der Waals surface area contributed by atoms with Gasteiger partial charge in [0.25, 0.3) is 0 Å². The third kappa shape index (κ3) is 5.23. The zero-order chi connectivity index (χ0) is 20.8. The maximum atomic E-state index is 13.2. The van der Waals surface area contributed by atoms with Gasteiger partial charge in [-0.1, -0.05) is 73.8 Å². The number of carbonyl (C=O) groups excluding carboxylic acids is 1. The molecule has 0 N–H and O–H groups in total. The Hall–Kier alpha value is -1.21. The van der Waals surface area contributed by atoms with Crippen LogP contribution in [-0.2, 0) is 0 Å². The average molecular weight is 553 g/mol. The van der Waals surface area contributed by atoms with Crippen LogP contribution >= 0.6 is 55.1 Å². The molecular formula is C20H18Br2Cl2O4. The largest absolute Gasteiger partial charge is 0.493 e. The van der Waals surface area contributed by atoms with Crippen LogP contribution < -0.4 is 14.2 Å². The van der Waals surface area contributed by atoms with Crippen molar-refractivity contribution in [3.8, 4) is 17.2 Å². The van der Waals surface area contributed by atoms with Crippen LogP contribution in [0.4, 0.5) is 0 Å². The fraction of sp³-hybridized carbons (Fsp3) is 0.250. The van der Waals surface area contributed by atoms with Gasteiger partial charge in [0.2, 0.25) is 0 Å². The van der Waals surface area contributed by atoms with Crippen molar-refractivity contribution in [1.82, 2.24) is 0 Å². The van der Waals surface area contributed by atoms with Crippen molar-refractivity contribution in [2.24, 2.45) is 0 Å². The molecule has 0 amide bonds.